The number of phenols is 1. The van der Waals surface area contributed by atoms with Crippen molar-refractivity contribution in [1.29, 1.82) is 0 Å². The Balaban J connectivity index is 2.04. The maximum Gasteiger partial charge on any atom is 0.196 e. The molecule has 0 saturated heterocycles. The minimum atomic E-state index is 0.258. The summed E-state index contributed by atoms with van der Waals surface area (Å²) in [6.07, 6.45) is 5.07. The third-order valence-corrected chi connectivity index (χ3v) is 4.36. The number of phenolic OH excluding ortho intramolecular Hbond substituents is 1. The fourth-order valence-electron chi connectivity index (χ4n) is 2.91. The number of likely N-dealkylation sites (N-methyl/N-ethyl adjacent to an activating group) is 1. The van der Waals surface area contributed by atoms with E-state index in [0.29, 0.717) is 12.0 Å². The highest BCUT2D eigenvalue weighted by molar-refractivity contribution is 5.94. The van der Waals surface area contributed by atoms with Crippen LogP contribution < -0.4 is 10.6 Å². The van der Waals surface area contributed by atoms with Crippen molar-refractivity contribution in [2.75, 3.05) is 32.5 Å². The Kier molecular flexibility index (Phi) is 6.71. The Labute approximate surface area is 139 Å². The molecule has 23 heavy (non-hydrogen) atoms. The summed E-state index contributed by atoms with van der Waals surface area (Å²) in [5, 5.41) is 16.5. The fraction of sp³-hybridized carbons (Fsp3) is 0.611. The third-order valence-electron chi connectivity index (χ3n) is 4.36. The number of nitrogens with one attached hydrogen (secondary N) is 2. The molecule has 2 rings (SSSR count). The van der Waals surface area contributed by atoms with Gasteiger partial charge in [-0.3, -0.25) is 4.99 Å². The molecular weight excluding hydrogens is 288 g/mol. The molecule has 0 aromatic heterocycles. The lowest BCUT2D eigenvalue weighted by molar-refractivity contribution is 0.308. The van der Waals surface area contributed by atoms with Gasteiger partial charge in [0.25, 0.3) is 0 Å². The van der Waals surface area contributed by atoms with Crippen LogP contribution >= 0.6 is 0 Å². The van der Waals surface area contributed by atoms with Gasteiger partial charge in [-0.2, -0.15) is 0 Å². The second-order valence-corrected chi connectivity index (χ2v) is 6.72. The van der Waals surface area contributed by atoms with E-state index in [-0.39, 0.29) is 5.75 Å². The molecule has 5 heteroatoms. The van der Waals surface area contributed by atoms with Crippen molar-refractivity contribution < 1.29 is 5.11 Å². The summed E-state index contributed by atoms with van der Waals surface area (Å²) in [5.41, 5.74) is 0.851. The van der Waals surface area contributed by atoms with Crippen LogP contribution in [-0.4, -0.2) is 49.2 Å². The normalized spacial score (nSPS) is 22.2. The molecule has 0 aliphatic heterocycles. The van der Waals surface area contributed by atoms with E-state index < -0.39 is 0 Å². The minimum Gasteiger partial charge on any atom is -0.508 e. The second kappa shape index (κ2) is 8.77. The van der Waals surface area contributed by atoms with Crippen molar-refractivity contribution in [3.63, 3.8) is 0 Å². The maximum absolute atomic E-state index is 9.63. The van der Waals surface area contributed by atoms with Gasteiger partial charge in [-0.15, -0.1) is 0 Å². The van der Waals surface area contributed by atoms with Gasteiger partial charge in [0.1, 0.15) is 5.75 Å². The molecule has 5 nitrogen and oxygen atoms in total. The predicted octanol–water partition coefficient (Wildman–Crippen LogP) is 2.89. The monoisotopic (exact) mass is 318 g/mol. The molecule has 0 amide bonds. The summed E-state index contributed by atoms with van der Waals surface area (Å²) >= 11 is 0. The molecule has 1 fully saturated rings. The zero-order valence-corrected chi connectivity index (χ0v) is 14.5. The first kappa shape index (κ1) is 17.6. The number of hydrogen-bond donors (Lipinski definition) is 3. The first-order valence-corrected chi connectivity index (χ1v) is 8.56. The van der Waals surface area contributed by atoms with Crippen LogP contribution in [-0.2, 0) is 0 Å². The van der Waals surface area contributed by atoms with Gasteiger partial charge >= 0.3 is 0 Å². The molecule has 0 bridgehead atoms. The van der Waals surface area contributed by atoms with Crippen LogP contribution in [0.2, 0.25) is 0 Å². The summed E-state index contributed by atoms with van der Waals surface area (Å²) < 4.78 is 0. The molecule has 1 saturated carbocycles. The quantitative estimate of drug-likeness (QED) is 0.577. The van der Waals surface area contributed by atoms with Crippen LogP contribution in [0.4, 0.5) is 5.69 Å². The molecule has 1 aromatic rings. The van der Waals surface area contributed by atoms with Gasteiger partial charge in [0.2, 0.25) is 0 Å². The van der Waals surface area contributed by atoms with Gasteiger partial charge in [-0.1, -0.05) is 25.8 Å². The Morgan fingerprint density at radius 1 is 1.30 bits per heavy atom. The summed E-state index contributed by atoms with van der Waals surface area (Å²) in [4.78, 5) is 6.81. The Morgan fingerprint density at radius 3 is 2.78 bits per heavy atom. The summed E-state index contributed by atoms with van der Waals surface area (Å²) in [6, 6.07) is 7.62. The lowest BCUT2D eigenvalue weighted by atomic mass is 9.86. The number of aromatic hydroxyl groups is 1. The van der Waals surface area contributed by atoms with E-state index in [1.165, 1.54) is 25.7 Å². The highest BCUT2D eigenvalue weighted by Gasteiger charge is 2.22. The predicted molar refractivity (Wildman–Crippen MR) is 97.1 cm³/mol. The van der Waals surface area contributed by atoms with Gasteiger partial charge in [0.15, 0.2) is 5.96 Å². The second-order valence-electron chi connectivity index (χ2n) is 6.72. The van der Waals surface area contributed by atoms with Crippen molar-refractivity contribution in [1.82, 2.24) is 10.2 Å². The number of aliphatic imine (C=N–C) groups is 1. The molecule has 3 N–H and O–H groups in total. The molecule has 128 valence electrons. The molecule has 0 heterocycles. The number of rotatable bonds is 5. The Morgan fingerprint density at radius 2 is 2.09 bits per heavy atom. The Hall–Kier alpha value is -1.75. The van der Waals surface area contributed by atoms with Gasteiger partial charge in [0, 0.05) is 24.3 Å². The standard InChI is InChI=1S/C18H30N4O/c1-14-7-4-5-10-17(14)21-18(19-11-12-22(2)3)20-15-8-6-9-16(23)13-15/h6,8-9,13-14,17,23H,4-5,7,10-12H2,1-3H3,(H2,19,20,21). The van der Waals surface area contributed by atoms with Crippen molar-refractivity contribution in [3.8, 4) is 5.75 Å². The fourth-order valence-corrected chi connectivity index (χ4v) is 2.91. The van der Waals surface area contributed by atoms with Crippen molar-refractivity contribution in [2.24, 2.45) is 10.9 Å². The van der Waals surface area contributed by atoms with Gasteiger partial charge < -0.3 is 20.6 Å². The number of benzene rings is 1. The molecule has 1 aliphatic rings. The molecule has 0 radical (unpaired) electrons. The van der Waals surface area contributed by atoms with Gasteiger partial charge in [-0.25, -0.2) is 0 Å². The summed E-state index contributed by atoms with van der Waals surface area (Å²) in [6.45, 7) is 3.96. The molecule has 2 unspecified atom stereocenters. The molecule has 1 aromatic carbocycles. The topological polar surface area (TPSA) is 59.9 Å². The highest BCUT2D eigenvalue weighted by Crippen LogP contribution is 2.24. The SMILES string of the molecule is CC1CCCCC1NC(=NCCN(C)C)Nc1cccc(O)c1. The maximum atomic E-state index is 9.63. The zero-order chi connectivity index (χ0) is 16.7. The largest absolute Gasteiger partial charge is 0.508 e. The number of anilines is 1. The number of hydrogen-bond acceptors (Lipinski definition) is 3. The van der Waals surface area contributed by atoms with E-state index in [1.807, 2.05) is 12.1 Å². The van der Waals surface area contributed by atoms with E-state index in [1.54, 1.807) is 12.1 Å². The van der Waals surface area contributed by atoms with E-state index in [9.17, 15) is 5.11 Å². The van der Waals surface area contributed by atoms with Gasteiger partial charge in [0.05, 0.1) is 6.54 Å². The first-order chi connectivity index (χ1) is 11.0. The molecule has 1 aliphatic carbocycles. The molecule has 2 atom stereocenters. The minimum absolute atomic E-state index is 0.258. The van der Waals surface area contributed by atoms with Crippen LogP contribution in [0, 0.1) is 5.92 Å². The Bertz CT molecular complexity index is 515. The van der Waals surface area contributed by atoms with Crippen LogP contribution in [0.5, 0.6) is 5.75 Å². The van der Waals surface area contributed by atoms with Crippen molar-refractivity contribution in [3.05, 3.63) is 24.3 Å². The molecule has 0 spiro atoms. The summed E-state index contributed by atoms with van der Waals surface area (Å²) in [7, 11) is 4.10. The lowest BCUT2D eigenvalue weighted by Crippen LogP contribution is -2.44. The van der Waals surface area contributed by atoms with E-state index in [4.69, 9.17) is 0 Å². The van der Waals surface area contributed by atoms with E-state index in [2.05, 4.69) is 41.5 Å². The van der Waals surface area contributed by atoms with Gasteiger partial charge in [-0.05, 0) is 45.0 Å². The highest BCUT2D eigenvalue weighted by atomic mass is 16.3. The van der Waals surface area contributed by atoms with E-state index >= 15 is 0 Å². The van der Waals surface area contributed by atoms with Crippen molar-refractivity contribution >= 4 is 11.6 Å². The number of nitrogens with zero attached hydrogens (tertiary/aromatic N) is 2. The lowest BCUT2D eigenvalue weighted by Gasteiger charge is -2.31. The third kappa shape index (κ3) is 6.10. The smallest absolute Gasteiger partial charge is 0.196 e. The first-order valence-electron chi connectivity index (χ1n) is 8.56. The average molecular weight is 318 g/mol. The van der Waals surface area contributed by atoms with Crippen LogP contribution in [0.1, 0.15) is 32.6 Å². The zero-order valence-electron chi connectivity index (χ0n) is 14.5. The summed E-state index contributed by atoms with van der Waals surface area (Å²) in [5.74, 6) is 1.72. The number of guanidine groups is 1. The van der Waals surface area contributed by atoms with Crippen LogP contribution in [0.25, 0.3) is 0 Å². The van der Waals surface area contributed by atoms with Crippen molar-refractivity contribution in [2.45, 2.75) is 38.6 Å². The van der Waals surface area contributed by atoms with E-state index in [0.717, 1.165) is 24.7 Å². The van der Waals surface area contributed by atoms with Crippen LogP contribution in [0.15, 0.2) is 29.3 Å². The molecular formula is C18H30N4O. The van der Waals surface area contributed by atoms with Crippen LogP contribution in [0.3, 0.4) is 0 Å². The average Bonchev–Trinajstić information content (AvgIpc) is 2.49.